The Hall–Kier alpha value is -4.05. The van der Waals surface area contributed by atoms with Gasteiger partial charge in [-0.2, -0.15) is 0 Å². The molecule has 4 rings (SSSR count). The zero-order valence-electron chi connectivity index (χ0n) is 19.1. The minimum absolute atomic E-state index is 0.114. The predicted molar refractivity (Wildman–Crippen MR) is 135 cm³/mol. The minimum atomic E-state index is -0.949. The van der Waals surface area contributed by atoms with Crippen molar-refractivity contribution in [3.63, 3.8) is 0 Å². The van der Waals surface area contributed by atoms with Crippen LogP contribution in [0.1, 0.15) is 37.5 Å². The molecule has 0 aromatic heterocycles. The first-order valence-corrected chi connectivity index (χ1v) is 11.7. The monoisotopic (exact) mass is 539 g/mol. The van der Waals surface area contributed by atoms with Crippen LogP contribution in [0.25, 0.3) is 0 Å². The summed E-state index contributed by atoms with van der Waals surface area (Å²) in [6.45, 7) is -0.535. The number of Topliss-reactive ketones (excluding diaryl/α,β-unsaturated/α-hetero) is 1. The number of nitrogens with zero attached hydrogens (tertiary/aromatic N) is 1. The zero-order valence-corrected chi connectivity index (χ0v) is 20.6. The summed E-state index contributed by atoms with van der Waals surface area (Å²) >= 11 is 11.8. The van der Waals surface area contributed by atoms with Crippen molar-refractivity contribution in [2.24, 2.45) is 0 Å². The van der Waals surface area contributed by atoms with Gasteiger partial charge in [0.15, 0.2) is 6.61 Å². The molecule has 3 amide bonds. The predicted octanol–water partition coefficient (Wildman–Crippen LogP) is 3.60. The number of hydrogen-bond donors (Lipinski definition) is 2. The fourth-order valence-electron chi connectivity index (χ4n) is 3.58. The molecule has 0 spiro atoms. The minimum Gasteiger partial charge on any atom is -0.454 e. The molecule has 3 aromatic carbocycles. The Morgan fingerprint density at radius 1 is 0.919 bits per heavy atom. The second-order valence-corrected chi connectivity index (χ2v) is 8.80. The van der Waals surface area contributed by atoms with Crippen molar-refractivity contribution in [2.45, 2.75) is 12.5 Å². The van der Waals surface area contributed by atoms with Crippen LogP contribution in [0.2, 0.25) is 10.0 Å². The van der Waals surface area contributed by atoms with Crippen molar-refractivity contribution in [3.8, 4) is 0 Å². The Morgan fingerprint density at radius 3 is 2.30 bits per heavy atom. The van der Waals surface area contributed by atoms with Crippen molar-refractivity contribution < 1.29 is 28.7 Å². The van der Waals surface area contributed by atoms with Gasteiger partial charge in [-0.1, -0.05) is 41.4 Å². The van der Waals surface area contributed by atoms with E-state index in [1.54, 1.807) is 30.3 Å². The summed E-state index contributed by atoms with van der Waals surface area (Å²) in [7, 11) is 0. The van der Waals surface area contributed by atoms with E-state index in [-0.39, 0.29) is 28.3 Å². The fraction of sp³-hybridized carbons (Fsp3) is 0.115. The summed E-state index contributed by atoms with van der Waals surface area (Å²) in [4.78, 5) is 63.1. The van der Waals surface area contributed by atoms with Crippen LogP contribution < -0.4 is 15.8 Å². The smallest absolute Gasteiger partial charge is 0.338 e. The van der Waals surface area contributed by atoms with Crippen LogP contribution in [0.5, 0.6) is 0 Å². The quantitative estimate of drug-likeness (QED) is 0.194. The van der Waals surface area contributed by atoms with E-state index in [0.29, 0.717) is 10.6 Å². The second-order valence-electron chi connectivity index (χ2n) is 7.96. The van der Waals surface area contributed by atoms with Gasteiger partial charge in [-0.25, -0.2) is 15.1 Å². The highest BCUT2D eigenvalue weighted by molar-refractivity contribution is 6.36. The van der Waals surface area contributed by atoms with Crippen molar-refractivity contribution in [3.05, 3.63) is 99.5 Å². The van der Waals surface area contributed by atoms with Gasteiger partial charge in [0.1, 0.15) is 6.04 Å². The van der Waals surface area contributed by atoms with Gasteiger partial charge >= 0.3 is 5.97 Å². The van der Waals surface area contributed by atoms with E-state index < -0.39 is 42.1 Å². The Balaban J connectivity index is 1.34. The molecule has 37 heavy (non-hydrogen) atoms. The van der Waals surface area contributed by atoms with Crippen LogP contribution >= 0.6 is 23.2 Å². The molecular weight excluding hydrogens is 521 g/mol. The van der Waals surface area contributed by atoms with Gasteiger partial charge in [0.2, 0.25) is 11.7 Å². The molecule has 0 radical (unpaired) electrons. The van der Waals surface area contributed by atoms with Crippen LogP contribution in [0.3, 0.4) is 0 Å². The summed E-state index contributed by atoms with van der Waals surface area (Å²) in [6.07, 6.45) is -0.160. The van der Waals surface area contributed by atoms with Crippen LogP contribution in [-0.2, 0) is 14.3 Å². The van der Waals surface area contributed by atoms with Crippen LogP contribution in [-0.4, -0.2) is 42.1 Å². The lowest BCUT2D eigenvalue weighted by Gasteiger charge is -2.16. The fourth-order valence-corrected chi connectivity index (χ4v) is 4.10. The number of hydrogen-bond acceptors (Lipinski definition) is 7. The number of carbonyl (C=O) groups excluding carboxylic acids is 5. The van der Waals surface area contributed by atoms with E-state index >= 15 is 0 Å². The Labute approximate surface area is 221 Å². The SMILES string of the molecule is O=C(NNC1CC(=O)N(c2ccc(C(=O)OCC(=O)c3ccc(Cl)cc3Cl)cc2)C1=O)c1ccccc1. The number of benzene rings is 3. The molecule has 1 fully saturated rings. The van der Waals surface area contributed by atoms with Crippen LogP contribution in [0.15, 0.2) is 72.8 Å². The highest BCUT2D eigenvalue weighted by Gasteiger charge is 2.39. The molecule has 9 nitrogen and oxygen atoms in total. The normalized spacial score (nSPS) is 15.0. The van der Waals surface area contributed by atoms with Crippen LogP contribution in [0.4, 0.5) is 5.69 Å². The third-order valence-electron chi connectivity index (χ3n) is 5.47. The zero-order chi connectivity index (χ0) is 26.5. The third-order valence-corrected chi connectivity index (χ3v) is 6.02. The maximum atomic E-state index is 12.8. The summed E-state index contributed by atoms with van der Waals surface area (Å²) in [5, 5.41) is 0.512. The number of hydrazine groups is 1. The maximum Gasteiger partial charge on any atom is 0.338 e. The number of halogens is 2. The first-order valence-electron chi connectivity index (χ1n) is 11.0. The summed E-state index contributed by atoms with van der Waals surface area (Å²) in [5.74, 6) is -2.75. The van der Waals surface area contributed by atoms with E-state index in [1.165, 1.54) is 42.5 Å². The first kappa shape index (κ1) is 26.0. The highest BCUT2D eigenvalue weighted by Crippen LogP contribution is 2.24. The molecule has 2 N–H and O–H groups in total. The lowest BCUT2D eigenvalue weighted by atomic mass is 10.1. The van der Waals surface area contributed by atoms with Crippen molar-refractivity contribution in [1.82, 2.24) is 10.9 Å². The molecule has 1 atom stereocenters. The Morgan fingerprint density at radius 2 is 1.62 bits per heavy atom. The topological polar surface area (TPSA) is 122 Å². The molecule has 3 aromatic rings. The van der Waals surface area contributed by atoms with E-state index in [4.69, 9.17) is 27.9 Å². The Kier molecular flexibility index (Phi) is 7.98. The van der Waals surface area contributed by atoms with Gasteiger partial charge in [-0.3, -0.25) is 24.6 Å². The molecule has 0 aliphatic carbocycles. The van der Waals surface area contributed by atoms with Gasteiger partial charge in [0.25, 0.3) is 11.8 Å². The number of ether oxygens (including phenoxy) is 1. The first-order chi connectivity index (χ1) is 17.7. The highest BCUT2D eigenvalue weighted by atomic mass is 35.5. The molecule has 1 saturated heterocycles. The number of amides is 3. The van der Waals surface area contributed by atoms with Gasteiger partial charge in [0, 0.05) is 16.1 Å². The van der Waals surface area contributed by atoms with E-state index in [9.17, 15) is 24.0 Å². The summed E-state index contributed by atoms with van der Waals surface area (Å²) in [6, 6.07) is 17.4. The number of ketones is 1. The van der Waals surface area contributed by atoms with Crippen molar-refractivity contribution in [1.29, 1.82) is 0 Å². The molecule has 1 aliphatic rings. The number of rotatable bonds is 8. The summed E-state index contributed by atoms with van der Waals surface area (Å²) in [5.41, 5.74) is 5.96. The average Bonchev–Trinajstić information content (AvgIpc) is 3.18. The number of nitrogens with one attached hydrogen (secondary N) is 2. The standard InChI is InChI=1S/C26H19Cl2N3O6/c27-17-8-11-19(20(28)12-17)22(32)14-37-26(36)16-6-9-18(10-7-16)31-23(33)13-21(25(31)35)29-30-24(34)15-4-2-1-3-5-15/h1-12,21,29H,13-14H2,(H,30,34). The van der Waals surface area contributed by atoms with E-state index in [1.807, 2.05) is 0 Å². The number of carbonyl (C=O) groups is 5. The molecule has 0 saturated carbocycles. The van der Waals surface area contributed by atoms with Crippen molar-refractivity contribution >= 4 is 58.4 Å². The number of imide groups is 1. The lowest BCUT2D eigenvalue weighted by Crippen LogP contribution is -2.48. The molecule has 1 heterocycles. The Bertz CT molecular complexity index is 1380. The molecule has 0 bridgehead atoms. The number of anilines is 1. The molecule has 11 heteroatoms. The molecule has 1 unspecified atom stereocenters. The molecule has 188 valence electrons. The van der Waals surface area contributed by atoms with E-state index in [2.05, 4.69) is 10.9 Å². The average molecular weight is 540 g/mol. The molecular formula is C26H19Cl2N3O6. The number of esters is 1. The molecule has 1 aliphatic heterocycles. The van der Waals surface area contributed by atoms with Crippen molar-refractivity contribution in [2.75, 3.05) is 11.5 Å². The summed E-state index contributed by atoms with van der Waals surface area (Å²) < 4.78 is 5.07. The maximum absolute atomic E-state index is 12.8. The van der Waals surface area contributed by atoms with Gasteiger partial charge in [-0.05, 0) is 54.6 Å². The largest absolute Gasteiger partial charge is 0.454 e. The third kappa shape index (κ3) is 6.03. The van der Waals surface area contributed by atoms with E-state index in [0.717, 1.165) is 4.90 Å². The van der Waals surface area contributed by atoms with Gasteiger partial charge in [0.05, 0.1) is 22.7 Å². The van der Waals surface area contributed by atoms with Gasteiger partial charge in [-0.15, -0.1) is 0 Å². The lowest BCUT2D eigenvalue weighted by molar-refractivity contribution is -0.121. The second kappa shape index (κ2) is 11.3. The van der Waals surface area contributed by atoms with Crippen LogP contribution in [0, 0.1) is 0 Å². The van der Waals surface area contributed by atoms with Gasteiger partial charge < -0.3 is 4.74 Å².